The van der Waals surface area contributed by atoms with Crippen LogP contribution in [0.5, 0.6) is 0 Å². The summed E-state index contributed by atoms with van der Waals surface area (Å²) in [6.45, 7) is 2.19. The topological polar surface area (TPSA) is 62.7 Å². The summed E-state index contributed by atoms with van der Waals surface area (Å²) in [5.41, 5.74) is 2.61. The molecule has 2 aliphatic rings. The van der Waals surface area contributed by atoms with Gasteiger partial charge in [0.15, 0.2) is 0 Å². The standard InChI is InChI=1S/C16H20N4O/c1-10(11-2-3-11)20-9-13(8-18-20)19-16(21)14-6-7-17-15(14)12-4-5-12/h6-12,17H,2-5H2,1H3,(H,19,21). The highest BCUT2D eigenvalue weighted by Crippen LogP contribution is 2.41. The summed E-state index contributed by atoms with van der Waals surface area (Å²) < 4.78 is 1.96. The number of carbonyl (C=O) groups is 1. The number of aromatic amines is 1. The number of H-pyrrole nitrogens is 1. The molecule has 2 aliphatic carbocycles. The zero-order chi connectivity index (χ0) is 14.4. The van der Waals surface area contributed by atoms with Crippen LogP contribution in [-0.2, 0) is 0 Å². The minimum Gasteiger partial charge on any atom is -0.364 e. The van der Waals surface area contributed by atoms with Crippen molar-refractivity contribution in [2.45, 2.75) is 44.6 Å². The molecule has 5 nitrogen and oxygen atoms in total. The SMILES string of the molecule is CC(C1CC1)n1cc(NC(=O)c2cc[nH]c2C2CC2)cn1. The highest BCUT2D eigenvalue weighted by atomic mass is 16.1. The molecule has 0 bridgehead atoms. The van der Waals surface area contributed by atoms with Gasteiger partial charge in [-0.05, 0) is 50.5 Å². The van der Waals surface area contributed by atoms with E-state index in [1.807, 2.05) is 23.1 Å². The van der Waals surface area contributed by atoms with Gasteiger partial charge in [0.1, 0.15) is 0 Å². The molecule has 1 unspecified atom stereocenters. The molecule has 2 N–H and O–H groups in total. The van der Waals surface area contributed by atoms with Crippen molar-refractivity contribution in [3.63, 3.8) is 0 Å². The quantitative estimate of drug-likeness (QED) is 0.884. The van der Waals surface area contributed by atoms with Crippen LogP contribution in [0.15, 0.2) is 24.7 Å². The summed E-state index contributed by atoms with van der Waals surface area (Å²) in [6.07, 6.45) is 10.5. The number of hydrogen-bond donors (Lipinski definition) is 2. The Hall–Kier alpha value is -2.04. The maximum Gasteiger partial charge on any atom is 0.257 e. The van der Waals surface area contributed by atoms with E-state index in [1.165, 1.54) is 25.7 Å². The number of nitrogens with one attached hydrogen (secondary N) is 2. The molecule has 2 aromatic rings. The van der Waals surface area contributed by atoms with Crippen LogP contribution in [0.2, 0.25) is 0 Å². The lowest BCUT2D eigenvalue weighted by molar-refractivity contribution is 0.102. The smallest absolute Gasteiger partial charge is 0.257 e. The van der Waals surface area contributed by atoms with Crippen molar-refractivity contribution in [3.8, 4) is 0 Å². The van der Waals surface area contributed by atoms with E-state index in [2.05, 4.69) is 22.3 Å². The summed E-state index contributed by atoms with van der Waals surface area (Å²) in [7, 11) is 0. The van der Waals surface area contributed by atoms with Crippen molar-refractivity contribution >= 4 is 11.6 Å². The lowest BCUT2D eigenvalue weighted by Crippen LogP contribution is -2.13. The predicted molar refractivity (Wildman–Crippen MR) is 80.4 cm³/mol. The molecular formula is C16H20N4O. The Balaban J connectivity index is 1.47. The van der Waals surface area contributed by atoms with Gasteiger partial charge in [-0.25, -0.2) is 0 Å². The molecule has 110 valence electrons. The van der Waals surface area contributed by atoms with E-state index in [1.54, 1.807) is 6.20 Å². The van der Waals surface area contributed by atoms with Crippen LogP contribution >= 0.6 is 0 Å². The molecule has 4 rings (SSSR count). The first-order chi connectivity index (χ1) is 10.2. The fourth-order valence-electron chi connectivity index (χ4n) is 2.91. The van der Waals surface area contributed by atoms with Crippen molar-refractivity contribution in [2.75, 3.05) is 5.32 Å². The summed E-state index contributed by atoms with van der Waals surface area (Å²) in [5, 5.41) is 7.34. The van der Waals surface area contributed by atoms with Gasteiger partial charge < -0.3 is 10.3 Å². The van der Waals surface area contributed by atoms with Gasteiger partial charge in [-0.1, -0.05) is 0 Å². The van der Waals surface area contributed by atoms with Crippen LogP contribution < -0.4 is 5.32 Å². The third kappa shape index (κ3) is 2.48. The largest absolute Gasteiger partial charge is 0.364 e. The van der Waals surface area contributed by atoms with Crippen LogP contribution in [-0.4, -0.2) is 20.7 Å². The van der Waals surface area contributed by atoms with Gasteiger partial charge in [0, 0.05) is 18.1 Å². The molecule has 2 heterocycles. The van der Waals surface area contributed by atoms with E-state index in [9.17, 15) is 4.79 Å². The molecule has 2 saturated carbocycles. The summed E-state index contributed by atoms with van der Waals surface area (Å²) in [5.74, 6) is 1.25. The zero-order valence-electron chi connectivity index (χ0n) is 12.2. The molecular weight excluding hydrogens is 264 g/mol. The molecule has 5 heteroatoms. The number of nitrogens with zero attached hydrogens (tertiary/aromatic N) is 2. The second-order valence-electron chi connectivity index (χ2n) is 6.32. The van der Waals surface area contributed by atoms with Gasteiger partial charge >= 0.3 is 0 Å². The Morgan fingerprint density at radius 3 is 2.95 bits per heavy atom. The van der Waals surface area contributed by atoms with Crippen molar-refractivity contribution < 1.29 is 4.79 Å². The van der Waals surface area contributed by atoms with E-state index in [0.717, 1.165) is 22.9 Å². The van der Waals surface area contributed by atoms with E-state index in [0.29, 0.717) is 12.0 Å². The van der Waals surface area contributed by atoms with Crippen LogP contribution in [0.1, 0.15) is 60.6 Å². The van der Waals surface area contributed by atoms with Gasteiger partial charge in [-0.2, -0.15) is 5.10 Å². The number of amides is 1. The Morgan fingerprint density at radius 1 is 1.43 bits per heavy atom. The summed E-state index contributed by atoms with van der Waals surface area (Å²) >= 11 is 0. The number of anilines is 1. The van der Waals surface area contributed by atoms with Crippen LogP contribution in [0.4, 0.5) is 5.69 Å². The molecule has 2 fully saturated rings. The molecule has 21 heavy (non-hydrogen) atoms. The Labute approximate surface area is 123 Å². The minimum atomic E-state index is -0.0447. The average Bonchev–Trinajstić information content (AvgIpc) is 3.41. The Morgan fingerprint density at radius 2 is 2.24 bits per heavy atom. The first-order valence-corrected chi connectivity index (χ1v) is 7.75. The van der Waals surface area contributed by atoms with E-state index in [4.69, 9.17) is 0 Å². The molecule has 0 saturated heterocycles. The second kappa shape index (κ2) is 4.76. The molecule has 0 radical (unpaired) electrons. The minimum absolute atomic E-state index is 0.0447. The average molecular weight is 284 g/mol. The van der Waals surface area contributed by atoms with Crippen molar-refractivity contribution in [2.24, 2.45) is 5.92 Å². The number of carbonyl (C=O) groups excluding carboxylic acids is 1. The third-order valence-electron chi connectivity index (χ3n) is 4.59. The van der Waals surface area contributed by atoms with Gasteiger partial charge in [0.25, 0.3) is 5.91 Å². The van der Waals surface area contributed by atoms with E-state index >= 15 is 0 Å². The maximum absolute atomic E-state index is 12.4. The highest BCUT2D eigenvalue weighted by molar-refractivity contribution is 6.05. The maximum atomic E-state index is 12.4. The van der Waals surface area contributed by atoms with Crippen molar-refractivity contribution in [1.29, 1.82) is 0 Å². The molecule has 2 aromatic heterocycles. The molecule has 1 atom stereocenters. The van der Waals surface area contributed by atoms with E-state index < -0.39 is 0 Å². The van der Waals surface area contributed by atoms with Crippen LogP contribution in [0, 0.1) is 5.92 Å². The summed E-state index contributed by atoms with van der Waals surface area (Å²) in [4.78, 5) is 15.6. The third-order valence-corrected chi connectivity index (χ3v) is 4.59. The second-order valence-corrected chi connectivity index (χ2v) is 6.32. The molecule has 1 amide bonds. The Kier molecular flexibility index (Phi) is 2.87. The zero-order valence-corrected chi connectivity index (χ0v) is 12.2. The highest BCUT2D eigenvalue weighted by Gasteiger charge is 2.30. The van der Waals surface area contributed by atoms with Crippen molar-refractivity contribution in [3.05, 3.63) is 35.9 Å². The number of aromatic nitrogens is 3. The molecule has 0 aliphatic heterocycles. The van der Waals surface area contributed by atoms with Crippen LogP contribution in [0.25, 0.3) is 0 Å². The molecule has 0 spiro atoms. The van der Waals surface area contributed by atoms with E-state index in [-0.39, 0.29) is 5.91 Å². The number of rotatable bonds is 5. The number of hydrogen-bond acceptors (Lipinski definition) is 2. The lowest BCUT2D eigenvalue weighted by Gasteiger charge is -2.09. The first-order valence-electron chi connectivity index (χ1n) is 7.75. The fourth-order valence-corrected chi connectivity index (χ4v) is 2.91. The monoisotopic (exact) mass is 284 g/mol. The normalized spacial score (nSPS) is 19.5. The Bertz CT molecular complexity index is 663. The van der Waals surface area contributed by atoms with Gasteiger partial charge in [-0.3, -0.25) is 9.48 Å². The fraction of sp³-hybridized carbons (Fsp3) is 0.500. The lowest BCUT2D eigenvalue weighted by atomic mass is 10.1. The van der Waals surface area contributed by atoms with Gasteiger partial charge in [0.05, 0.1) is 23.5 Å². The molecule has 0 aromatic carbocycles. The van der Waals surface area contributed by atoms with Crippen molar-refractivity contribution in [1.82, 2.24) is 14.8 Å². The van der Waals surface area contributed by atoms with Crippen LogP contribution in [0.3, 0.4) is 0 Å². The summed E-state index contributed by atoms with van der Waals surface area (Å²) in [6, 6.07) is 2.28. The van der Waals surface area contributed by atoms with Gasteiger partial charge in [-0.15, -0.1) is 0 Å². The van der Waals surface area contributed by atoms with Gasteiger partial charge in [0.2, 0.25) is 0 Å². The first kappa shape index (κ1) is 12.7. The predicted octanol–water partition coefficient (Wildman–Crippen LogP) is 3.31.